The topological polar surface area (TPSA) is 43.4 Å². The van der Waals surface area contributed by atoms with Gasteiger partial charge in [-0.25, -0.2) is 0 Å². The zero-order chi connectivity index (χ0) is 8.32. The van der Waals surface area contributed by atoms with Gasteiger partial charge in [0.25, 0.3) is 0 Å². The Balaban J connectivity index is 0.00000121. The second kappa shape index (κ2) is 5.00. The van der Waals surface area contributed by atoms with Gasteiger partial charge in [-0.2, -0.15) is 10.9 Å². The van der Waals surface area contributed by atoms with Gasteiger partial charge in [0.15, 0.2) is 0 Å². The van der Waals surface area contributed by atoms with Gasteiger partial charge < -0.3 is 0 Å². The predicted molar refractivity (Wildman–Crippen MR) is 56.0 cm³/mol. The third-order valence-corrected chi connectivity index (χ3v) is 3.55. The fourth-order valence-electron chi connectivity index (χ4n) is 0.624. The molecule has 68 valence electrons. The molecular formula is C6H6ClIO3S. The van der Waals surface area contributed by atoms with Gasteiger partial charge in [-0.3, -0.25) is 0 Å². The Kier molecular flexibility index (Phi) is 5.07. The zero-order valence-corrected chi connectivity index (χ0v) is 9.60. The van der Waals surface area contributed by atoms with Gasteiger partial charge in [0, 0.05) is 0 Å². The Morgan fingerprint density at radius 1 is 1.17 bits per heavy atom. The molecule has 0 aliphatic carbocycles. The highest BCUT2D eigenvalue weighted by atomic mass is 127. The van der Waals surface area contributed by atoms with E-state index < -0.39 is 10.1 Å². The summed E-state index contributed by atoms with van der Waals surface area (Å²) in [7, 11) is -3.51. The SMILES string of the molecule is Cl.O=S(=O)(OI)c1ccccc1. The molecule has 0 saturated heterocycles. The van der Waals surface area contributed by atoms with Crippen LogP contribution in [0, 0.1) is 0 Å². The number of hydrogen-bond acceptors (Lipinski definition) is 3. The predicted octanol–water partition coefficient (Wildman–Crippen LogP) is 2.16. The van der Waals surface area contributed by atoms with Crippen molar-refractivity contribution in [2.45, 2.75) is 4.90 Å². The van der Waals surface area contributed by atoms with Gasteiger partial charge in [0.05, 0.1) is 4.90 Å². The van der Waals surface area contributed by atoms with E-state index in [1.165, 1.54) is 35.1 Å². The van der Waals surface area contributed by atoms with Crippen LogP contribution >= 0.6 is 35.4 Å². The highest BCUT2D eigenvalue weighted by molar-refractivity contribution is 14.1. The summed E-state index contributed by atoms with van der Waals surface area (Å²) < 4.78 is 26.2. The summed E-state index contributed by atoms with van der Waals surface area (Å²) in [6.07, 6.45) is 0. The van der Waals surface area contributed by atoms with E-state index in [0.717, 1.165) is 0 Å². The molecule has 0 saturated carbocycles. The van der Waals surface area contributed by atoms with E-state index in [2.05, 4.69) is 2.51 Å². The van der Waals surface area contributed by atoms with Gasteiger partial charge in [0.1, 0.15) is 23.0 Å². The van der Waals surface area contributed by atoms with Crippen molar-refractivity contribution in [3.8, 4) is 0 Å². The minimum atomic E-state index is -3.51. The first-order valence-electron chi connectivity index (χ1n) is 2.77. The van der Waals surface area contributed by atoms with Crippen molar-refractivity contribution >= 4 is 45.5 Å². The summed E-state index contributed by atoms with van der Waals surface area (Å²) in [5.41, 5.74) is 0. The molecule has 0 amide bonds. The number of rotatable bonds is 2. The highest BCUT2D eigenvalue weighted by Gasteiger charge is 2.11. The fraction of sp³-hybridized carbons (Fsp3) is 0. The molecule has 1 aromatic carbocycles. The number of halogens is 2. The van der Waals surface area contributed by atoms with E-state index in [9.17, 15) is 8.42 Å². The van der Waals surface area contributed by atoms with Crippen molar-refractivity contribution in [2.24, 2.45) is 0 Å². The molecule has 0 fully saturated rings. The summed E-state index contributed by atoms with van der Waals surface area (Å²) in [5, 5.41) is 0. The lowest BCUT2D eigenvalue weighted by molar-refractivity contribution is 0.536. The standard InChI is InChI=1S/C6H5IO3S.ClH/c7-10-11(8,9)6-4-2-1-3-5-6;/h1-5H;1H. The molecule has 0 radical (unpaired) electrons. The molecule has 6 heteroatoms. The van der Waals surface area contributed by atoms with Crippen molar-refractivity contribution in [3.05, 3.63) is 30.3 Å². The van der Waals surface area contributed by atoms with E-state index >= 15 is 0 Å². The quantitative estimate of drug-likeness (QED) is 0.784. The van der Waals surface area contributed by atoms with Crippen LogP contribution < -0.4 is 0 Å². The third-order valence-electron chi connectivity index (χ3n) is 1.11. The summed E-state index contributed by atoms with van der Waals surface area (Å²) in [6.45, 7) is 0. The Bertz CT molecular complexity index is 324. The summed E-state index contributed by atoms with van der Waals surface area (Å²) >= 11 is 1.35. The second-order valence-electron chi connectivity index (χ2n) is 1.83. The Hall–Kier alpha value is 0.150. The molecule has 1 rings (SSSR count). The van der Waals surface area contributed by atoms with Crippen LogP contribution in [0.2, 0.25) is 0 Å². The molecule has 0 N–H and O–H groups in total. The average molecular weight is 321 g/mol. The first-order valence-corrected chi connectivity index (χ1v) is 5.06. The summed E-state index contributed by atoms with van der Waals surface area (Å²) in [4.78, 5) is 0.175. The van der Waals surface area contributed by atoms with Gasteiger partial charge in [-0.1, -0.05) is 18.2 Å². The van der Waals surface area contributed by atoms with E-state index in [-0.39, 0.29) is 17.3 Å². The third kappa shape index (κ3) is 2.89. The van der Waals surface area contributed by atoms with Gasteiger partial charge in [-0.15, -0.1) is 12.4 Å². The maximum Gasteiger partial charge on any atom is 0.306 e. The Labute approximate surface area is 91.3 Å². The van der Waals surface area contributed by atoms with Gasteiger partial charge in [-0.05, 0) is 12.1 Å². The molecule has 0 spiro atoms. The van der Waals surface area contributed by atoms with E-state index in [0.29, 0.717) is 0 Å². The van der Waals surface area contributed by atoms with Gasteiger partial charge >= 0.3 is 10.1 Å². The molecule has 0 heterocycles. The average Bonchev–Trinajstić information content (AvgIpc) is 2.06. The van der Waals surface area contributed by atoms with Crippen LogP contribution in [-0.2, 0) is 12.6 Å². The molecule has 0 bridgehead atoms. The smallest absolute Gasteiger partial charge is 0.195 e. The van der Waals surface area contributed by atoms with Crippen molar-refractivity contribution in [3.63, 3.8) is 0 Å². The van der Waals surface area contributed by atoms with E-state index in [4.69, 9.17) is 0 Å². The molecule has 0 atom stereocenters. The minimum Gasteiger partial charge on any atom is -0.195 e. The molecule has 0 aromatic heterocycles. The maximum absolute atomic E-state index is 11.0. The van der Waals surface area contributed by atoms with Crippen molar-refractivity contribution in [2.75, 3.05) is 0 Å². The minimum absolute atomic E-state index is 0. The zero-order valence-electron chi connectivity index (χ0n) is 5.81. The first-order chi connectivity index (χ1) is 5.17. The lowest BCUT2D eigenvalue weighted by Gasteiger charge is -1.96. The molecule has 0 unspecified atom stereocenters. The van der Waals surface area contributed by atoms with Crippen LogP contribution in [0.3, 0.4) is 0 Å². The van der Waals surface area contributed by atoms with Crippen molar-refractivity contribution in [1.29, 1.82) is 0 Å². The number of benzene rings is 1. The lowest BCUT2D eigenvalue weighted by atomic mass is 10.4. The van der Waals surface area contributed by atoms with Crippen LogP contribution in [0.1, 0.15) is 0 Å². The lowest BCUT2D eigenvalue weighted by Crippen LogP contribution is -1.98. The van der Waals surface area contributed by atoms with Crippen LogP contribution in [0.4, 0.5) is 0 Å². The molecule has 0 aliphatic heterocycles. The molecule has 0 aliphatic rings. The van der Waals surface area contributed by atoms with Gasteiger partial charge in [0.2, 0.25) is 0 Å². The Morgan fingerprint density at radius 3 is 2.08 bits per heavy atom. The van der Waals surface area contributed by atoms with E-state index in [1.807, 2.05) is 0 Å². The second-order valence-corrected chi connectivity index (χ2v) is 4.41. The molecule has 1 aromatic rings. The molecular weight excluding hydrogens is 314 g/mol. The molecule has 3 nitrogen and oxygen atoms in total. The fourth-order valence-corrected chi connectivity index (χ4v) is 1.81. The van der Waals surface area contributed by atoms with E-state index in [1.54, 1.807) is 18.2 Å². The number of hydrogen-bond donors (Lipinski definition) is 0. The maximum atomic E-state index is 11.0. The largest absolute Gasteiger partial charge is 0.306 e. The van der Waals surface area contributed by atoms with Crippen LogP contribution in [0.5, 0.6) is 0 Å². The van der Waals surface area contributed by atoms with Crippen molar-refractivity contribution in [1.82, 2.24) is 0 Å². The monoisotopic (exact) mass is 320 g/mol. The molecule has 12 heavy (non-hydrogen) atoms. The first kappa shape index (κ1) is 12.2. The normalized spacial score (nSPS) is 10.4. The van der Waals surface area contributed by atoms with Crippen LogP contribution in [0.15, 0.2) is 35.2 Å². The van der Waals surface area contributed by atoms with Crippen LogP contribution in [0.25, 0.3) is 0 Å². The highest BCUT2D eigenvalue weighted by Crippen LogP contribution is 2.13. The summed E-state index contributed by atoms with van der Waals surface area (Å²) in [6, 6.07) is 7.99. The Morgan fingerprint density at radius 2 is 1.67 bits per heavy atom. The van der Waals surface area contributed by atoms with Crippen LogP contribution in [-0.4, -0.2) is 8.42 Å². The van der Waals surface area contributed by atoms with Crippen molar-refractivity contribution < 1.29 is 10.9 Å². The summed E-state index contributed by atoms with van der Waals surface area (Å²) in [5.74, 6) is 0.